The van der Waals surface area contributed by atoms with Crippen molar-refractivity contribution in [3.63, 3.8) is 0 Å². The maximum Gasteiger partial charge on any atom is 0.251 e. The number of hydrogen-bond donors (Lipinski definition) is 1. The third kappa shape index (κ3) is 4.05. The summed E-state index contributed by atoms with van der Waals surface area (Å²) >= 11 is 9.32. The predicted molar refractivity (Wildman–Crippen MR) is 83.9 cm³/mol. The molecule has 0 aliphatic carbocycles. The van der Waals surface area contributed by atoms with Gasteiger partial charge < -0.3 is 5.32 Å². The van der Waals surface area contributed by atoms with Gasteiger partial charge in [0.25, 0.3) is 5.91 Å². The van der Waals surface area contributed by atoms with E-state index >= 15 is 0 Å². The molecule has 1 heterocycles. The number of amides is 1. The number of pyridine rings is 1. The lowest BCUT2D eigenvalue weighted by molar-refractivity contribution is 0.0950. The normalized spacial score (nSPS) is 10.3. The molecule has 1 amide bonds. The first-order valence-electron chi connectivity index (χ1n) is 6.27. The summed E-state index contributed by atoms with van der Waals surface area (Å²) in [5, 5.41) is 3.22. The number of hydrogen-bond acceptors (Lipinski definition) is 2. The van der Waals surface area contributed by atoms with Crippen LogP contribution in [-0.4, -0.2) is 10.9 Å². The highest BCUT2D eigenvalue weighted by Crippen LogP contribution is 2.13. The Morgan fingerprint density at radius 3 is 2.85 bits per heavy atom. The van der Waals surface area contributed by atoms with Gasteiger partial charge in [-0.05, 0) is 36.2 Å². The highest BCUT2D eigenvalue weighted by atomic mass is 79.9. The zero-order chi connectivity index (χ0) is 14.5. The topological polar surface area (TPSA) is 42.0 Å². The van der Waals surface area contributed by atoms with Crippen molar-refractivity contribution in [1.29, 1.82) is 0 Å². The number of benzene rings is 1. The summed E-state index contributed by atoms with van der Waals surface area (Å²) in [5.74, 6) is -0.149. The molecule has 0 spiro atoms. The molecule has 0 saturated heterocycles. The maximum atomic E-state index is 12.1. The van der Waals surface area contributed by atoms with Crippen molar-refractivity contribution in [3.8, 4) is 0 Å². The minimum atomic E-state index is -0.149. The summed E-state index contributed by atoms with van der Waals surface area (Å²) in [7, 11) is 0. The Balaban J connectivity index is 2.07. The number of nitrogens with one attached hydrogen (secondary N) is 1. The molecule has 3 nitrogen and oxygen atoms in total. The Hall–Kier alpha value is -1.39. The molecule has 104 valence electrons. The van der Waals surface area contributed by atoms with Crippen LogP contribution >= 0.6 is 27.5 Å². The molecule has 0 saturated carbocycles. The van der Waals surface area contributed by atoms with Crippen molar-refractivity contribution in [2.24, 2.45) is 0 Å². The lowest BCUT2D eigenvalue weighted by atomic mass is 10.2. The van der Waals surface area contributed by atoms with Gasteiger partial charge >= 0.3 is 0 Å². The number of aryl methyl sites for hydroxylation is 1. The molecule has 2 rings (SSSR count). The molecule has 0 aliphatic rings. The zero-order valence-corrected chi connectivity index (χ0v) is 13.3. The third-order valence-electron chi connectivity index (χ3n) is 2.81. The summed E-state index contributed by atoms with van der Waals surface area (Å²) < 4.78 is 0.990. The summed E-state index contributed by atoms with van der Waals surface area (Å²) in [5.41, 5.74) is 2.38. The van der Waals surface area contributed by atoms with Gasteiger partial charge in [-0.3, -0.25) is 4.79 Å². The lowest BCUT2D eigenvalue weighted by Gasteiger charge is -2.07. The van der Waals surface area contributed by atoms with E-state index in [1.54, 1.807) is 12.1 Å². The Morgan fingerprint density at radius 1 is 1.35 bits per heavy atom. The van der Waals surface area contributed by atoms with Crippen LogP contribution in [0.1, 0.15) is 28.5 Å². The summed E-state index contributed by atoms with van der Waals surface area (Å²) in [6, 6.07) is 11.2. The lowest BCUT2D eigenvalue weighted by Crippen LogP contribution is -2.23. The summed E-state index contributed by atoms with van der Waals surface area (Å²) in [6.45, 7) is 2.45. The number of rotatable bonds is 4. The monoisotopic (exact) mass is 352 g/mol. The van der Waals surface area contributed by atoms with Crippen molar-refractivity contribution < 1.29 is 4.79 Å². The molecule has 0 radical (unpaired) electrons. The maximum absolute atomic E-state index is 12.1. The van der Waals surface area contributed by atoms with Gasteiger partial charge in [0, 0.05) is 22.3 Å². The summed E-state index contributed by atoms with van der Waals surface area (Å²) in [4.78, 5) is 16.3. The average Bonchev–Trinajstić information content (AvgIpc) is 2.44. The molecule has 0 unspecified atom stereocenters. The van der Waals surface area contributed by atoms with Crippen LogP contribution in [0.2, 0.25) is 5.15 Å². The van der Waals surface area contributed by atoms with Crippen LogP contribution in [0.5, 0.6) is 0 Å². The van der Waals surface area contributed by atoms with Crippen molar-refractivity contribution >= 4 is 33.4 Å². The molecule has 2 aromatic rings. The SMILES string of the molecule is CCc1cc(C(=O)NCc2cccc(Br)c2)cc(Cl)n1. The second-order valence-electron chi connectivity index (χ2n) is 4.34. The first-order chi connectivity index (χ1) is 9.58. The van der Waals surface area contributed by atoms with Crippen molar-refractivity contribution in [2.75, 3.05) is 0 Å². The average molecular weight is 354 g/mol. The van der Waals surface area contributed by atoms with E-state index in [-0.39, 0.29) is 5.91 Å². The van der Waals surface area contributed by atoms with Crippen LogP contribution in [0.15, 0.2) is 40.9 Å². The molecule has 1 aromatic heterocycles. The fraction of sp³-hybridized carbons (Fsp3) is 0.200. The van der Waals surface area contributed by atoms with Gasteiger partial charge in [-0.15, -0.1) is 0 Å². The Morgan fingerprint density at radius 2 is 2.15 bits per heavy atom. The van der Waals surface area contributed by atoms with Crippen molar-refractivity contribution in [1.82, 2.24) is 10.3 Å². The number of carbonyl (C=O) groups excluding carboxylic acids is 1. The first kappa shape index (κ1) is 15.0. The van der Waals surface area contributed by atoms with Gasteiger partial charge in [0.05, 0.1) is 0 Å². The smallest absolute Gasteiger partial charge is 0.251 e. The Labute approximate surface area is 131 Å². The van der Waals surface area contributed by atoms with Crippen LogP contribution in [0, 0.1) is 0 Å². The molecular formula is C15H14BrClN2O. The van der Waals surface area contributed by atoms with Crippen LogP contribution in [0.4, 0.5) is 0 Å². The summed E-state index contributed by atoms with van der Waals surface area (Å²) in [6.07, 6.45) is 0.743. The minimum Gasteiger partial charge on any atom is -0.348 e. The molecule has 1 N–H and O–H groups in total. The first-order valence-corrected chi connectivity index (χ1v) is 7.44. The van der Waals surface area contributed by atoms with Gasteiger partial charge in [0.2, 0.25) is 0 Å². The van der Waals surface area contributed by atoms with E-state index in [2.05, 4.69) is 26.2 Å². The van der Waals surface area contributed by atoms with Gasteiger partial charge in [-0.1, -0.05) is 46.6 Å². The van der Waals surface area contributed by atoms with Crippen molar-refractivity contribution in [2.45, 2.75) is 19.9 Å². The van der Waals surface area contributed by atoms with Gasteiger partial charge in [0.1, 0.15) is 5.15 Å². The van der Waals surface area contributed by atoms with E-state index in [9.17, 15) is 4.79 Å². The van der Waals surface area contributed by atoms with Crippen molar-refractivity contribution in [3.05, 3.63) is 62.8 Å². The van der Waals surface area contributed by atoms with Gasteiger partial charge in [0.15, 0.2) is 0 Å². The second-order valence-corrected chi connectivity index (χ2v) is 5.64. The Kier molecular flexibility index (Phi) is 5.15. The van der Waals surface area contributed by atoms with Crippen LogP contribution in [0.3, 0.4) is 0 Å². The fourth-order valence-electron chi connectivity index (χ4n) is 1.79. The quantitative estimate of drug-likeness (QED) is 0.845. The van der Waals surface area contributed by atoms with E-state index in [4.69, 9.17) is 11.6 Å². The molecular weight excluding hydrogens is 340 g/mol. The minimum absolute atomic E-state index is 0.149. The molecule has 20 heavy (non-hydrogen) atoms. The number of halogens is 2. The number of aromatic nitrogens is 1. The molecule has 0 fully saturated rings. The van der Waals surface area contributed by atoms with Gasteiger partial charge in [-0.2, -0.15) is 0 Å². The number of nitrogens with zero attached hydrogens (tertiary/aromatic N) is 1. The van der Waals surface area contributed by atoms with E-state index < -0.39 is 0 Å². The predicted octanol–water partition coefficient (Wildman–Crippen LogP) is 3.99. The molecule has 0 atom stereocenters. The standard InChI is InChI=1S/C15H14BrClN2O/c1-2-13-7-11(8-14(17)19-13)15(20)18-9-10-4-3-5-12(16)6-10/h3-8H,2,9H2,1H3,(H,18,20). The van der Waals surface area contributed by atoms with Crippen LogP contribution < -0.4 is 5.32 Å². The Bertz CT molecular complexity index is 631. The van der Waals surface area contributed by atoms with E-state index in [0.717, 1.165) is 22.2 Å². The van der Waals surface area contributed by atoms with Crippen LogP contribution in [-0.2, 0) is 13.0 Å². The molecule has 1 aromatic carbocycles. The van der Waals surface area contributed by atoms with E-state index in [1.165, 1.54) is 0 Å². The van der Waals surface area contributed by atoms with Crippen LogP contribution in [0.25, 0.3) is 0 Å². The highest BCUT2D eigenvalue weighted by Gasteiger charge is 2.08. The third-order valence-corrected chi connectivity index (χ3v) is 3.50. The fourth-order valence-corrected chi connectivity index (χ4v) is 2.47. The highest BCUT2D eigenvalue weighted by molar-refractivity contribution is 9.10. The largest absolute Gasteiger partial charge is 0.348 e. The van der Waals surface area contributed by atoms with E-state index in [1.807, 2.05) is 31.2 Å². The second kappa shape index (κ2) is 6.86. The zero-order valence-electron chi connectivity index (χ0n) is 11.0. The molecule has 0 aliphatic heterocycles. The van der Waals surface area contributed by atoms with E-state index in [0.29, 0.717) is 17.3 Å². The number of carbonyl (C=O) groups is 1. The molecule has 5 heteroatoms. The molecule has 0 bridgehead atoms. The van der Waals surface area contributed by atoms with Gasteiger partial charge in [-0.25, -0.2) is 4.98 Å².